The lowest BCUT2D eigenvalue weighted by Crippen LogP contribution is -2.26. The predicted octanol–water partition coefficient (Wildman–Crippen LogP) is 5.07. The van der Waals surface area contributed by atoms with E-state index >= 15 is 0 Å². The van der Waals surface area contributed by atoms with Crippen molar-refractivity contribution in [3.8, 4) is 6.07 Å². The number of thiophene rings is 1. The Hall–Kier alpha value is -1.90. The number of amides is 1. The molecule has 1 atom stereocenters. The van der Waals surface area contributed by atoms with Crippen LogP contribution in [-0.4, -0.2) is 10.9 Å². The van der Waals surface area contributed by atoms with E-state index in [1.165, 1.54) is 22.4 Å². The van der Waals surface area contributed by atoms with Crippen molar-refractivity contribution < 1.29 is 4.79 Å². The third-order valence-corrected chi connectivity index (χ3v) is 6.30. The van der Waals surface area contributed by atoms with Gasteiger partial charge < -0.3 is 5.32 Å². The number of carbonyl (C=O) groups excluding carboxylic acids is 1. The molecule has 1 aliphatic carbocycles. The molecule has 0 unspecified atom stereocenters. The van der Waals surface area contributed by atoms with Crippen LogP contribution in [0.5, 0.6) is 0 Å². The summed E-state index contributed by atoms with van der Waals surface area (Å²) in [6, 6.07) is 5.57. The van der Waals surface area contributed by atoms with Gasteiger partial charge >= 0.3 is 0 Å². The number of halogens is 1. The van der Waals surface area contributed by atoms with Crippen molar-refractivity contribution >= 4 is 33.8 Å². The van der Waals surface area contributed by atoms with Gasteiger partial charge in [0.1, 0.15) is 16.2 Å². The van der Waals surface area contributed by atoms with E-state index in [1.54, 1.807) is 12.1 Å². The summed E-state index contributed by atoms with van der Waals surface area (Å²) < 4.78 is 0. The van der Waals surface area contributed by atoms with Gasteiger partial charge in [0.15, 0.2) is 0 Å². The van der Waals surface area contributed by atoms with Gasteiger partial charge in [-0.25, -0.2) is 4.98 Å². The average Bonchev–Trinajstić information content (AvgIpc) is 2.90. The maximum Gasteiger partial charge on any atom is 0.259 e. The van der Waals surface area contributed by atoms with Crippen LogP contribution in [0.25, 0.3) is 0 Å². The third kappa shape index (κ3) is 3.56. The minimum Gasteiger partial charge on any atom is -0.312 e. The standard InChI is InChI=1S/C19H20ClN3OS/c1-19(2,3)11-6-7-12-14(10-21)18(25-15(12)9-11)23-17(24)13-5-4-8-22-16(13)20/h4-5,8,11H,6-7,9H2,1-3H3,(H,23,24)/t11-/m1/s1. The van der Waals surface area contributed by atoms with Crippen LogP contribution in [0.15, 0.2) is 18.3 Å². The smallest absolute Gasteiger partial charge is 0.259 e. The lowest BCUT2D eigenvalue weighted by atomic mass is 9.72. The van der Waals surface area contributed by atoms with Crippen molar-refractivity contribution in [2.75, 3.05) is 5.32 Å². The molecule has 25 heavy (non-hydrogen) atoms. The third-order valence-electron chi connectivity index (χ3n) is 4.83. The van der Waals surface area contributed by atoms with Crippen LogP contribution >= 0.6 is 22.9 Å². The molecule has 1 amide bonds. The number of nitrogens with zero attached hydrogens (tertiary/aromatic N) is 2. The molecule has 0 saturated heterocycles. The molecule has 0 fully saturated rings. The van der Waals surface area contributed by atoms with E-state index in [2.05, 4.69) is 37.1 Å². The van der Waals surface area contributed by atoms with Gasteiger partial charge in [-0.3, -0.25) is 4.79 Å². The quantitative estimate of drug-likeness (QED) is 0.747. The summed E-state index contributed by atoms with van der Waals surface area (Å²) in [6.45, 7) is 6.78. The molecule has 0 saturated carbocycles. The van der Waals surface area contributed by atoms with Crippen molar-refractivity contribution in [1.82, 2.24) is 4.98 Å². The fourth-order valence-corrected chi connectivity index (χ4v) is 4.74. The second kappa shape index (κ2) is 6.78. The van der Waals surface area contributed by atoms with E-state index in [9.17, 15) is 10.1 Å². The van der Waals surface area contributed by atoms with E-state index in [0.717, 1.165) is 24.8 Å². The molecule has 0 radical (unpaired) electrons. The molecule has 0 aromatic carbocycles. The number of aromatic nitrogens is 1. The first-order valence-electron chi connectivity index (χ1n) is 8.27. The van der Waals surface area contributed by atoms with Crippen molar-refractivity contribution in [3.63, 3.8) is 0 Å². The van der Waals surface area contributed by atoms with Crippen LogP contribution in [0.3, 0.4) is 0 Å². The van der Waals surface area contributed by atoms with Gasteiger partial charge in [0.25, 0.3) is 5.91 Å². The molecule has 2 heterocycles. The SMILES string of the molecule is CC(C)(C)[C@@H]1CCc2c(sc(NC(=O)c3cccnc3Cl)c2C#N)C1. The van der Waals surface area contributed by atoms with Crippen LogP contribution in [0.4, 0.5) is 5.00 Å². The number of anilines is 1. The Kier molecular flexibility index (Phi) is 4.86. The Labute approximate surface area is 156 Å². The van der Waals surface area contributed by atoms with Crippen LogP contribution in [-0.2, 0) is 12.8 Å². The number of hydrogen-bond donors (Lipinski definition) is 1. The highest BCUT2D eigenvalue weighted by Gasteiger charge is 2.32. The van der Waals surface area contributed by atoms with E-state index in [4.69, 9.17) is 11.6 Å². The summed E-state index contributed by atoms with van der Waals surface area (Å²) in [7, 11) is 0. The second-order valence-electron chi connectivity index (χ2n) is 7.42. The van der Waals surface area contributed by atoms with Gasteiger partial charge in [-0.1, -0.05) is 32.4 Å². The molecule has 3 rings (SSSR count). The first-order valence-corrected chi connectivity index (χ1v) is 9.47. The molecule has 6 heteroatoms. The molecule has 0 bridgehead atoms. The predicted molar refractivity (Wildman–Crippen MR) is 101 cm³/mol. The van der Waals surface area contributed by atoms with Crippen LogP contribution in [0.1, 0.15) is 53.6 Å². The number of pyridine rings is 1. The summed E-state index contributed by atoms with van der Waals surface area (Å²) in [5.74, 6) is 0.252. The van der Waals surface area contributed by atoms with Gasteiger partial charge in [-0.05, 0) is 48.3 Å². The minimum absolute atomic E-state index is 0.160. The number of nitriles is 1. The van der Waals surface area contributed by atoms with Crippen molar-refractivity contribution in [3.05, 3.63) is 45.1 Å². The topological polar surface area (TPSA) is 65.8 Å². The normalized spacial score (nSPS) is 16.8. The molecule has 4 nitrogen and oxygen atoms in total. The van der Waals surface area contributed by atoms with Gasteiger partial charge in [-0.2, -0.15) is 5.26 Å². The van der Waals surface area contributed by atoms with Gasteiger partial charge in [0.05, 0.1) is 11.1 Å². The fourth-order valence-electron chi connectivity index (χ4n) is 3.26. The Morgan fingerprint density at radius 3 is 2.88 bits per heavy atom. The van der Waals surface area contributed by atoms with Crippen molar-refractivity contribution in [2.45, 2.75) is 40.0 Å². The first-order chi connectivity index (χ1) is 11.8. The number of hydrogen-bond acceptors (Lipinski definition) is 4. The molecule has 1 N–H and O–H groups in total. The summed E-state index contributed by atoms with van der Waals surface area (Å²) in [6.07, 6.45) is 4.46. The molecule has 2 aromatic heterocycles. The monoisotopic (exact) mass is 373 g/mol. The maximum absolute atomic E-state index is 12.5. The minimum atomic E-state index is -0.333. The largest absolute Gasteiger partial charge is 0.312 e. The summed E-state index contributed by atoms with van der Waals surface area (Å²) in [4.78, 5) is 17.6. The highest BCUT2D eigenvalue weighted by atomic mass is 35.5. The van der Waals surface area contributed by atoms with Gasteiger partial charge in [0, 0.05) is 11.1 Å². The van der Waals surface area contributed by atoms with E-state index in [1.807, 2.05) is 0 Å². The lowest BCUT2D eigenvalue weighted by Gasteiger charge is -2.33. The van der Waals surface area contributed by atoms with Crippen LogP contribution in [0.2, 0.25) is 5.15 Å². The molecule has 0 aliphatic heterocycles. The highest BCUT2D eigenvalue weighted by Crippen LogP contribution is 2.44. The zero-order valence-corrected chi connectivity index (χ0v) is 16.1. The van der Waals surface area contributed by atoms with Crippen LogP contribution in [0, 0.1) is 22.7 Å². The fraction of sp³-hybridized carbons (Fsp3) is 0.421. The zero-order chi connectivity index (χ0) is 18.2. The first kappa shape index (κ1) is 17.9. The lowest BCUT2D eigenvalue weighted by molar-refractivity contribution is 0.102. The Balaban J connectivity index is 1.89. The Morgan fingerprint density at radius 2 is 2.24 bits per heavy atom. The van der Waals surface area contributed by atoms with E-state index < -0.39 is 0 Å². The van der Waals surface area contributed by atoms with E-state index in [0.29, 0.717) is 22.0 Å². The van der Waals surface area contributed by atoms with E-state index in [-0.39, 0.29) is 16.5 Å². The zero-order valence-electron chi connectivity index (χ0n) is 14.5. The Bertz CT molecular complexity index is 861. The molecule has 0 spiro atoms. The molecular weight excluding hydrogens is 354 g/mol. The summed E-state index contributed by atoms with van der Waals surface area (Å²) >= 11 is 7.51. The summed E-state index contributed by atoms with van der Waals surface area (Å²) in [5.41, 5.74) is 2.24. The number of rotatable bonds is 2. The number of fused-ring (bicyclic) bond motifs is 1. The molecule has 1 aliphatic rings. The summed E-state index contributed by atoms with van der Waals surface area (Å²) in [5, 5.41) is 13.2. The van der Waals surface area contributed by atoms with Crippen LogP contribution < -0.4 is 5.32 Å². The molecule has 2 aromatic rings. The van der Waals surface area contributed by atoms with Crippen molar-refractivity contribution in [1.29, 1.82) is 5.26 Å². The maximum atomic E-state index is 12.5. The molecular formula is C19H20ClN3OS. The number of carbonyl (C=O) groups is 1. The molecule has 130 valence electrons. The Morgan fingerprint density at radius 1 is 1.48 bits per heavy atom. The number of nitrogens with one attached hydrogen (secondary N) is 1. The van der Waals surface area contributed by atoms with Gasteiger partial charge in [-0.15, -0.1) is 11.3 Å². The average molecular weight is 374 g/mol. The van der Waals surface area contributed by atoms with Gasteiger partial charge in [0.2, 0.25) is 0 Å². The van der Waals surface area contributed by atoms with Crippen molar-refractivity contribution in [2.24, 2.45) is 11.3 Å². The highest BCUT2D eigenvalue weighted by molar-refractivity contribution is 7.16. The second-order valence-corrected chi connectivity index (χ2v) is 8.88.